The van der Waals surface area contributed by atoms with Crippen molar-refractivity contribution in [1.29, 1.82) is 0 Å². The van der Waals surface area contributed by atoms with E-state index in [9.17, 15) is 4.79 Å². The van der Waals surface area contributed by atoms with Gasteiger partial charge in [-0.2, -0.15) is 0 Å². The first-order valence-corrected chi connectivity index (χ1v) is 7.44. The van der Waals surface area contributed by atoms with Crippen LogP contribution in [-0.2, 0) is 9.47 Å². The molecule has 0 heterocycles. The maximum absolute atomic E-state index is 11.7. The molecule has 5 heteroatoms. The Kier molecular flexibility index (Phi) is 16.6. The van der Waals surface area contributed by atoms with Gasteiger partial charge in [-0.25, -0.2) is 0 Å². The lowest BCUT2D eigenvalue weighted by Crippen LogP contribution is -2.27. The molecule has 1 aromatic carbocycles. The van der Waals surface area contributed by atoms with Crippen molar-refractivity contribution in [1.82, 2.24) is 5.32 Å². The number of carbonyl (C=O) groups is 1. The fourth-order valence-corrected chi connectivity index (χ4v) is 1.45. The van der Waals surface area contributed by atoms with Crippen LogP contribution in [0.5, 0.6) is 0 Å². The molecule has 128 valence electrons. The van der Waals surface area contributed by atoms with Gasteiger partial charge in [-0.05, 0) is 19.1 Å². The van der Waals surface area contributed by atoms with Crippen LogP contribution in [0.2, 0.25) is 0 Å². The summed E-state index contributed by atoms with van der Waals surface area (Å²) >= 11 is 0. The zero-order valence-electron chi connectivity index (χ0n) is 13.4. The number of nitrogens with one attached hydrogen (secondary N) is 1. The molecule has 0 saturated carbocycles. The first-order valence-electron chi connectivity index (χ1n) is 7.44. The fraction of sp³-hybridized carbons (Fsp3) is 0.588. The number of aryl methyl sites for hydroxylation is 1. The third-order valence-electron chi connectivity index (χ3n) is 2.48. The van der Waals surface area contributed by atoms with Gasteiger partial charge in [-0.3, -0.25) is 4.79 Å². The van der Waals surface area contributed by atoms with Crippen LogP contribution < -0.4 is 11.1 Å². The highest BCUT2D eigenvalue weighted by Gasteiger charge is 2.03. The number of hydrogen-bond acceptors (Lipinski definition) is 4. The lowest BCUT2D eigenvalue weighted by Gasteiger charge is -2.07. The van der Waals surface area contributed by atoms with Gasteiger partial charge in [-0.1, -0.05) is 39.0 Å². The van der Waals surface area contributed by atoms with Gasteiger partial charge in [0.2, 0.25) is 0 Å². The fourth-order valence-electron chi connectivity index (χ4n) is 1.45. The van der Waals surface area contributed by atoms with Crippen molar-refractivity contribution in [3.63, 3.8) is 0 Å². The topological polar surface area (TPSA) is 73.6 Å². The molecule has 0 unspecified atom stereocenters. The van der Waals surface area contributed by atoms with E-state index < -0.39 is 0 Å². The average molecular weight is 312 g/mol. The van der Waals surface area contributed by atoms with E-state index in [0.717, 1.165) is 5.56 Å². The molecule has 0 aliphatic heterocycles. The zero-order chi connectivity index (χ0) is 15.9. The molecule has 5 nitrogen and oxygen atoms in total. The molecule has 0 aromatic heterocycles. The predicted octanol–water partition coefficient (Wildman–Crippen LogP) is 2.38. The molecule has 1 amide bonds. The van der Waals surface area contributed by atoms with Crippen molar-refractivity contribution in [3.05, 3.63) is 35.4 Å². The monoisotopic (exact) mass is 312 g/mol. The lowest BCUT2D eigenvalue weighted by molar-refractivity contribution is 0.0511. The van der Waals surface area contributed by atoms with Crippen LogP contribution in [0.3, 0.4) is 0 Å². The van der Waals surface area contributed by atoms with Gasteiger partial charge in [0, 0.05) is 18.7 Å². The SMILES string of the molecule is C.CC.Cc1ccc(C(=O)NCCOCCOCCN)cc1. The first kappa shape index (κ1) is 22.8. The summed E-state index contributed by atoms with van der Waals surface area (Å²) in [7, 11) is 0. The summed E-state index contributed by atoms with van der Waals surface area (Å²) < 4.78 is 10.5. The Morgan fingerprint density at radius 3 is 2.14 bits per heavy atom. The zero-order valence-corrected chi connectivity index (χ0v) is 13.4. The second kappa shape index (κ2) is 15.9. The van der Waals surface area contributed by atoms with Crippen LogP contribution >= 0.6 is 0 Å². The smallest absolute Gasteiger partial charge is 0.251 e. The molecule has 0 fully saturated rings. The quantitative estimate of drug-likeness (QED) is 0.687. The van der Waals surface area contributed by atoms with Crippen LogP contribution in [0.25, 0.3) is 0 Å². The highest BCUT2D eigenvalue weighted by molar-refractivity contribution is 5.94. The molecular formula is C17H32N2O3. The molecule has 0 saturated heterocycles. The number of nitrogens with two attached hydrogens (primary N) is 1. The maximum atomic E-state index is 11.7. The summed E-state index contributed by atoms with van der Waals surface area (Å²) in [6.07, 6.45) is 0. The van der Waals surface area contributed by atoms with E-state index in [1.807, 2.05) is 45.0 Å². The van der Waals surface area contributed by atoms with E-state index >= 15 is 0 Å². The van der Waals surface area contributed by atoms with Gasteiger partial charge in [0.05, 0.1) is 26.4 Å². The molecule has 0 aliphatic rings. The van der Waals surface area contributed by atoms with Crippen molar-refractivity contribution >= 4 is 5.91 Å². The number of carbonyl (C=O) groups excluding carboxylic acids is 1. The van der Waals surface area contributed by atoms with Crippen LogP contribution in [0.1, 0.15) is 37.2 Å². The van der Waals surface area contributed by atoms with E-state index in [4.69, 9.17) is 15.2 Å². The Morgan fingerprint density at radius 2 is 1.59 bits per heavy atom. The van der Waals surface area contributed by atoms with Crippen LogP contribution in [-0.4, -0.2) is 45.4 Å². The minimum atomic E-state index is -0.0806. The molecule has 0 bridgehead atoms. The molecule has 0 spiro atoms. The summed E-state index contributed by atoms with van der Waals surface area (Å²) in [6, 6.07) is 7.46. The third kappa shape index (κ3) is 11.3. The lowest BCUT2D eigenvalue weighted by atomic mass is 10.1. The number of amides is 1. The van der Waals surface area contributed by atoms with E-state index in [0.29, 0.717) is 45.1 Å². The summed E-state index contributed by atoms with van der Waals surface area (Å²) in [5.41, 5.74) is 7.08. The minimum Gasteiger partial charge on any atom is -0.378 e. The van der Waals surface area contributed by atoms with Crippen LogP contribution in [0.15, 0.2) is 24.3 Å². The van der Waals surface area contributed by atoms with Crippen molar-refractivity contribution in [2.24, 2.45) is 5.73 Å². The number of hydrogen-bond donors (Lipinski definition) is 2. The predicted molar refractivity (Wildman–Crippen MR) is 92.3 cm³/mol. The highest BCUT2D eigenvalue weighted by atomic mass is 16.5. The Labute approximate surface area is 135 Å². The van der Waals surface area contributed by atoms with E-state index in [1.165, 1.54) is 0 Å². The molecule has 0 atom stereocenters. The van der Waals surface area contributed by atoms with E-state index in [-0.39, 0.29) is 13.3 Å². The summed E-state index contributed by atoms with van der Waals surface area (Å²) in [5, 5.41) is 2.80. The van der Waals surface area contributed by atoms with Gasteiger partial charge in [0.25, 0.3) is 5.91 Å². The molecule has 0 radical (unpaired) electrons. The van der Waals surface area contributed by atoms with Gasteiger partial charge >= 0.3 is 0 Å². The molecule has 1 rings (SSSR count). The van der Waals surface area contributed by atoms with Gasteiger partial charge < -0.3 is 20.5 Å². The summed E-state index contributed by atoms with van der Waals surface area (Å²) in [6.45, 7) is 9.07. The van der Waals surface area contributed by atoms with Crippen molar-refractivity contribution < 1.29 is 14.3 Å². The Bertz CT molecular complexity index is 367. The summed E-state index contributed by atoms with van der Waals surface area (Å²) in [5.74, 6) is -0.0806. The van der Waals surface area contributed by atoms with Crippen molar-refractivity contribution in [3.8, 4) is 0 Å². The highest BCUT2D eigenvalue weighted by Crippen LogP contribution is 2.02. The molecule has 1 aromatic rings. The van der Waals surface area contributed by atoms with Crippen molar-refractivity contribution in [2.45, 2.75) is 28.2 Å². The first-order chi connectivity index (χ1) is 10.2. The second-order valence-electron chi connectivity index (χ2n) is 4.14. The molecule has 3 N–H and O–H groups in total. The molecule has 22 heavy (non-hydrogen) atoms. The maximum Gasteiger partial charge on any atom is 0.251 e. The normalized spacial score (nSPS) is 9.27. The van der Waals surface area contributed by atoms with Crippen LogP contribution in [0, 0.1) is 6.92 Å². The number of ether oxygens (including phenoxy) is 2. The number of benzene rings is 1. The minimum absolute atomic E-state index is 0. The second-order valence-corrected chi connectivity index (χ2v) is 4.14. The third-order valence-corrected chi connectivity index (χ3v) is 2.48. The number of rotatable bonds is 9. The van der Waals surface area contributed by atoms with Gasteiger partial charge in [0.15, 0.2) is 0 Å². The molecule has 0 aliphatic carbocycles. The summed E-state index contributed by atoms with van der Waals surface area (Å²) in [4.78, 5) is 11.7. The van der Waals surface area contributed by atoms with Crippen LogP contribution in [0.4, 0.5) is 0 Å². The largest absolute Gasteiger partial charge is 0.378 e. The van der Waals surface area contributed by atoms with Gasteiger partial charge in [0.1, 0.15) is 0 Å². The Hall–Kier alpha value is -1.43. The van der Waals surface area contributed by atoms with Crippen molar-refractivity contribution in [2.75, 3.05) is 39.5 Å². The average Bonchev–Trinajstić information content (AvgIpc) is 2.52. The Morgan fingerprint density at radius 1 is 1.05 bits per heavy atom. The van der Waals surface area contributed by atoms with Gasteiger partial charge in [-0.15, -0.1) is 0 Å². The standard InChI is InChI=1S/C14H22N2O3.C2H6.CH4/c1-12-2-4-13(5-3-12)14(17)16-7-9-19-11-10-18-8-6-15;1-2;/h2-5H,6-11,15H2,1H3,(H,16,17);1-2H3;1H4. The van der Waals surface area contributed by atoms with E-state index in [1.54, 1.807) is 0 Å². The van der Waals surface area contributed by atoms with E-state index in [2.05, 4.69) is 5.32 Å². The Balaban J connectivity index is 0. The molecular weight excluding hydrogens is 280 g/mol.